The van der Waals surface area contributed by atoms with Crippen LogP contribution in [-0.4, -0.2) is 20.1 Å². The molecule has 0 heterocycles. The van der Waals surface area contributed by atoms with Crippen molar-refractivity contribution >= 4 is 10.4 Å². The van der Waals surface area contributed by atoms with Crippen molar-refractivity contribution in [3.05, 3.63) is 61.2 Å². The Morgan fingerprint density at radius 2 is 1.67 bits per heavy atom. The summed E-state index contributed by atoms with van der Waals surface area (Å²) >= 11 is 0. The molecule has 118 valence electrons. The summed E-state index contributed by atoms with van der Waals surface area (Å²) in [6, 6.07) is 10.3. The monoisotopic (exact) mass is 313 g/mol. The molecule has 6 heteroatoms. The SMILES string of the molecule is C=CCC(CC=C)C(N)c1ccccc1.COS(=O)(=O)O. The highest BCUT2D eigenvalue weighted by molar-refractivity contribution is 7.80. The summed E-state index contributed by atoms with van der Waals surface area (Å²) in [5, 5.41) is 0. The van der Waals surface area contributed by atoms with E-state index in [0.717, 1.165) is 20.0 Å². The first-order chi connectivity index (χ1) is 9.85. The molecule has 3 N–H and O–H groups in total. The number of benzene rings is 1. The zero-order chi connectivity index (χ0) is 16.3. The van der Waals surface area contributed by atoms with Gasteiger partial charge in [-0.15, -0.1) is 13.2 Å². The van der Waals surface area contributed by atoms with E-state index in [0.29, 0.717) is 5.92 Å². The Hall–Kier alpha value is -1.47. The van der Waals surface area contributed by atoms with Crippen LogP contribution in [0.5, 0.6) is 0 Å². The molecule has 1 aromatic carbocycles. The molecule has 5 nitrogen and oxygen atoms in total. The molecule has 1 atom stereocenters. The number of hydrogen-bond acceptors (Lipinski definition) is 4. The van der Waals surface area contributed by atoms with E-state index in [1.54, 1.807) is 0 Å². The molecule has 21 heavy (non-hydrogen) atoms. The van der Waals surface area contributed by atoms with Crippen molar-refractivity contribution in [2.45, 2.75) is 18.9 Å². The van der Waals surface area contributed by atoms with Crippen LogP contribution in [0.4, 0.5) is 0 Å². The fourth-order valence-electron chi connectivity index (χ4n) is 1.77. The lowest BCUT2D eigenvalue weighted by atomic mass is 9.88. The van der Waals surface area contributed by atoms with Gasteiger partial charge in [-0.3, -0.25) is 8.74 Å². The van der Waals surface area contributed by atoms with Gasteiger partial charge in [0.15, 0.2) is 0 Å². The molecule has 0 saturated carbocycles. The van der Waals surface area contributed by atoms with Gasteiger partial charge in [0, 0.05) is 6.04 Å². The number of nitrogens with two attached hydrogens (primary N) is 1. The van der Waals surface area contributed by atoms with Gasteiger partial charge >= 0.3 is 10.4 Å². The Kier molecular flexibility index (Phi) is 9.56. The van der Waals surface area contributed by atoms with Crippen molar-refractivity contribution in [1.29, 1.82) is 0 Å². The van der Waals surface area contributed by atoms with Crippen molar-refractivity contribution in [2.24, 2.45) is 11.7 Å². The average Bonchev–Trinajstić information content (AvgIpc) is 2.47. The second-order valence-electron chi connectivity index (χ2n) is 4.34. The highest BCUT2D eigenvalue weighted by Crippen LogP contribution is 2.25. The van der Waals surface area contributed by atoms with Crippen LogP contribution in [0.1, 0.15) is 24.4 Å². The van der Waals surface area contributed by atoms with E-state index in [4.69, 9.17) is 10.3 Å². The zero-order valence-corrected chi connectivity index (χ0v) is 13.0. The lowest BCUT2D eigenvalue weighted by Gasteiger charge is -2.21. The van der Waals surface area contributed by atoms with Gasteiger partial charge in [-0.2, -0.15) is 8.42 Å². The Bertz CT molecular complexity index is 504. The van der Waals surface area contributed by atoms with E-state index in [2.05, 4.69) is 29.5 Å². The summed E-state index contributed by atoms with van der Waals surface area (Å²) in [6.45, 7) is 7.54. The van der Waals surface area contributed by atoms with Crippen LogP contribution in [0.2, 0.25) is 0 Å². The fourth-order valence-corrected chi connectivity index (χ4v) is 1.77. The topological polar surface area (TPSA) is 89.6 Å². The maximum atomic E-state index is 9.33. The van der Waals surface area contributed by atoms with Gasteiger partial charge in [0.25, 0.3) is 0 Å². The quantitative estimate of drug-likeness (QED) is 0.597. The predicted octanol–water partition coefficient (Wildman–Crippen LogP) is 2.89. The normalized spacial score (nSPS) is 12.2. The molecule has 0 aromatic heterocycles. The standard InChI is InChI=1S/C14H19N.CH4O4S/c1-3-8-12(9-4-2)14(15)13-10-6-5-7-11-13;1-5-6(2,3)4/h3-7,10-12,14H,1-2,8-9,15H2;1H3,(H,2,3,4). The third-order valence-electron chi connectivity index (χ3n) is 2.84. The maximum absolute atomic E-state index is 9.33. The van der Waals surface area contributed by atoms with Crippen molar-refractivity contribution in [3.63, 3.8) is 0 Å². The molecule has 0 radical (unpaired) electrons. The smallest absolute Gasteiger partial charge is 0.324 e. The Morgan fingerprint density at radius 3 is 2.00 bits per heavy atom. The minimum Gasteiger partial charge on any atom is -0.324 e. The second-order valence-corrected chi connectivity index (χ2v) is 5.53. The molecule has 0 saturated heterocycles. The molecule has 0 aliphatic rings. The van der Waals surface area contributed by atoms with Crippen LogP contribution in [0.25, 0.3) is 0 Å². The Balaban J connectivity index is 0.000000567. The van der Waals surface area contributed by atoms with Crippen LogP contribution in [-0.2, 0) is 14.6 Å². The summed E-state index contributed by atoms with van der Waals surface area (Å²) in [4.78, 5) is 0. The predicted molar refractivity (Wildman–Crippen MR) is 85.0 cm³/mol. The van der Waals surface area contributed by atoms with Crippen LogP contribution in [0.15, 0.2) is 55.6 Å². The van der Waals surface area contributed by atoms with Crippen LogP contribution in [0.3, 0.4) is 0 Å². The number of hydrogen-bond donors (Lipinski definition) is 2. The molecule has 1 unspecified atom stereocenters. The summed E-state index contributed by atoms with van der Waals surface area (Å²) in [7, 11) is -3.29. The summed E-state index contributed by atoms with van der Waals surface area (Å²) in [5.41, 5.74) is 7.40. The van der Waals surface area contributed by atoms with Crippen molar-refractivity contribution < 1.29 is 17.2 Å². The third-order valence-corrected chi connectivity index (χ3v) is 3.26. The van der Waals surface area contributed by atoms with Crippen LogP contribution in [0, 0.1) is 5.92 Å². The fraction of sp³-hybridized carbons (Fsp3) is 0.333. The Labute approximate surface area is 127 Å². The van der Waals surface area contributed by atoms with E-state index >= 15 is 0 Å². The summed E-state index contributed by atoms with van der Waals surface area (Å²) in [6.07, 6.45) is 5.72. The average molecular weight is 313 g/mol. The molecule has 0 amide bonds. The van der Waals surface area contributed by atoms with Gasteiger partial charge < -0.3 is 5.73 Å². The van der Waals surface area contributed by atoms with Crippen molar-refractivity contribution in [1.82, 2.24) is 0 Å². The Morgan fingerprint density at radius 1 is 1.24 bits per heavy atom. The molecule has 0 fully saturated rings. The molecule has 1 aromatic rings. The largest absolute Gasteiger partial charge is 0.397 e. The maximum Gasteiger partial charge on any atom is 0.397 e. The van der Waals surface area contributed by atoms with Crippen molar-refractivity contribution in [2.75, 3.05) is 7.11 Å². The molecule has 0 bridgehead atoms. The van der Waals surface area contributed by atoms with E-state index < -0.39 is 10.4 Å². The van der Waals surface area contributed by atoms with Gasteiger partial charge in [-0.05, 0) is 24.3 Å². The van der Waals surface area contributed by atoms with Gasteiger partial charge in [0.05, 0.1) is 7.11 Å². The van der Waals surface area contributed by atoms with Crippen molar-refractivity contribution in [3.8, 4) is 0 Å². The van der Waals surface area contributed by atoms with E-state index in [9.17, 15) is 8.42 Å². The second kappa shape index (κ2) is 10.3. The number of allylic oxidation sites excluding steroid dienone is 2. The van der Waals surface area contributed by atoms with Gasteiger partial charge in [-0.1, -0.05) is 42.5 Å². The molecule has 0 spiro atoms. The van der Waals surface area contributed by atoms with Gasteiger partial charge in [0.1, 0.15) is 0 Å². The van der Waals surface area contributed by atoms with Gasteiger partial charge in [0.2, 0.25) is 0 Å². The molecular formula is C15H23NO4S. The summed E-state index contributed by atoms with van der Waals surface area (Å²) in [5.74, 6) is 0.405. The number of rotatable bonds is 7. The lowest BCUT2D eigenvalue weighted by molar-refractivity contribution is 0.324. The van der Waals surface area contributed by atoms with Crippen LogP contribution >= 0.6 is 0 Å². The van der Waals surface area contributed by atoms with Gasteiger partial charge in [-0.25, -0.2) is 0 Å². The first-order valence-corrected chi connectivity index (χ1v) is 7.77. The summed E-state index contributed by atoms with van der Waals surface area (Å²) < 4.78 is 29.7. The molecular weight excluding hydrogens is 290 g/mol. The minimum absolute atomic E-state index is 0.0715. The highest BCUT2D eigenvalue weighted by atomic mass is 32.3. The first-order valence-electron chi connectivity index (χ1n) is 6.41. The van der Waals surface area contributed by atoms with E-state index in [1.807, 2.05) is 30.4 Å². The van der Waals surface area contributed by atoms with Crippen LogP contribution < -0.4 is 5.73 Å². The molecule has 0 aliphatic heterocycles. The first kappa shape index (κ1) is 19.5. The highest BCUT2D eigenvalue weighted by Gasteiger charge is 2.16. The third kappa shape index (κ3) is 9.14. The zero-order valence-electron chi connectivity index (χ0n) is 12.2. The minimum atomic E-state index is -4.16. The lowest BCUT2D eigenvalue weighted by Crippen LogP contribution is -2.20. The van der Waals surface area contributed by atoms with E-state index in [1.165, 1.54) is 5.56 Å². The molecule has 0 aliphatic carbocycles. The molecule has 1 rings (SSSR count). The van der Waals surface area contributed by atoms with E-state index in [-0.39, 0.29) is 6.04 Å².